The van der Waals surface area contributed by atoms with Crippen LogP contribution in [0.25, 0.3) is 0 Å². The number of aromatic nitrogens is 2. The molecule has 0 fully saturated rings. The van der Waals surface area contributed by atoms with Crippen LogP contribution in [0.1, 0.15) is 24.5 Å². The molecule has 21 heavy (non-hydrogen) atoms. The van der Waals surface area contributed by atoms with Crippen molar-refractivity contribution in [1.29, 1.82) is 0 Å². The van der Waals surface area contributed by atoms with Gasteiger partial charge in [0.05, 0.1) is 13.3 Å². The van der Waals surface area contributed by atoms with Crippen molar-refractivity contribution in [1.82, 2.24) is 15.1 Å². The molecule has 0 atom stereocenters. The van der Waals surface area contributed by atoms with Gasteiger partial charge in [-0.1, -0.05) is 13.0 Å². The van der Waals surface area contributed by atoms with Crippen molar-refractivity contribution in [2.24, 2.45) is 7.05 Å². The summed E-state index contributed by atoms with van der Waals surface area (Å²) >= 11 is 0. The molecule has 5 heteroatoms. The van der Waals surface area contributed by atoms with Gasteiger partial charge in [-0.2, -0.15) is 5.10 Å². The number of nitrogens with one attached hydrogen (secondary N) is 1. The van der Waals surface area contributed by atoms with E-state index in [0.717, 1.165) is 36.6 Å². The first-order valence-electron chi connectivity index (χ1n) is 7.21. The van der Waals surface area contributed by atoms with Crippen LogP contribution in [0.2, 0.25) is 0 Å². The Morgan fingerprint density at radius 2 is 2.10 bits per heavy atom. The molecule has 0 saturated heterocycles. The molecule has 0 radical (unpaired) electrons. The number of rotatable bonds is 8. The monoisotopic (exact) mass is 289 g/mol. The average Bonchev–Trinajstić information content (AvgIpc) is 2.91. The summed E-state index contributed by atoms with van der Waals surface area (Å²) in [5.41, 5.74) is 2.22. The Morgan fingerprint density at radius 1 is 1.24 bits per heavy atom. The van der Waals surface area contributed by atoms with Gasteiger partial charge in [0.1, 0.15) is 6.61 Å². The van der Waals surface area contributed by atoms with E-state index in [-0.39, 0.29) is 0 Å². The standard InChI is InChI=1S/C16H23N3O2/c1-4-7-17-9-13-5-6-15(20-3)16(8-13)21-12-14-10-18-19(2)11-14/h5-6,8,10-11,17H,4,7,9,12H2,1-3H3. The molecule has 0 amide bonds. The minimum absolute atomic E-state index is 0.482. The third-order valence-corrected chi connectivity index (χ3v) is 3.14. The van der Waals surface area contributed by atoms with E-state index in [1.807, 2.05) is 25.4 Å². The van der Waals surface area contributed by atoms with E-state index in [1.54, 1.807) is 18.0 Å². The lowest BCUT2D eigenvalue weighted by molar-refractivity contribution is 0.284. The Labute approximate surface area is 125 Å². The van der Waals surface area contributed by atoms with Crippen molar-refractivity contribution in [2.45, 2.75) is 26.5 Å². The predicted octanol–water partition coefficient (Wildman–Crippen LogP) is 2.51. The lowest BCUT2D eigenvalue weighted by atomic mass is 10.2. The average molecular weight is 289 g/mol. The molecule has 0 bridgehead atoms. The number of benzene rings is 1. The van der Waals surface area contributed by atoms with Gasteiger partial charge in [0.15, 0.2) is 11.5 Å². The highest BCUT2D eigenvalue weighted by molar-refractivity contribution is 5.43. The summed E-state index contributed by atoms with van der Waals surface area (Å²) in [5.74, 6) is 1.51. The minimum atomic E-state index is 0.482. The Hall–Kier alpha value is -2.01. The van der Waals surface area contributed by atoms with Crippen LogP contribution < -0.4 is 14.8 Å². The van der Waals surface area contributed by atoms with Crippen LogP contribution in [-0.4, -0.2) is 23.4 Å². The maximum Gasteiger partial charge on any atom is 0.161 e. The first kappa shape index (κ1) is 15.4. The van der Waals surface area contributed by atoms with Crippen LogP contribution in [0.5, 0.6) is 11.5 Å². The van der Waals surface area contributed by atoms with Crippen molar-refractivity contribution in [3.05, 3.63) is 41.7 Å². The van der Waals surface area contributed by atoms with Crippen LogP contribution in [0, 0.1) is 0 Å². The van der Waals surface area contributed by atoms with Crippen LogP contribution in [0.4, 0.5) is 0 Å². The van der Waals surface area contributed by atoms with Gasteiger partial charge in [0, 0.05) is 25.4 Å². The summed E-state index contributed by atoms with van der Waals surface area (Å²) in [6.45, 7) is 4.48. The summed E-state index contributed by atoms with van der Waals surface area (Å²) in [5, 5.41) is 7.52. The van der Waals surface area contributed by atoms with Crippen molar-refractivity contribution in [3.8, 4) is 11.5 Å². The highest BCUT2D eigenvalue weighted by Gasteiger charge is 2.07. The zero-order valence-corrected chi connectivity index (χ0v) is 12.9. The van der Waals surface area contributed by atoms with Crippen LogP contribution >= 0.6 is 0 Å². The molecule has 2 aromatic rings. The van der Waals surface area contributed by atoms with Gasteiger partial charge in [-0.15, -0.1) is 0 Å². The highest BCUT2D eigenvalue weighted by Crippen LogP contribution is 2.28. The molecule has 5 nitrogen and oxygen atoms in total. The van der Waals surface area contributed by atoms with Crippen LogP contribution in [0.15, 0.2) is 30.6 Å². The first-order valence-corrected chi connectivity index (χ1v) is 7.21. The molecular weight excluding hydrogens is 266 g/mol. The number of methoxy groups -OCH3 is 1. The Bertz CT molecular complexity index is 566. The molecule has 2 rings (SSSR count). The Kier molecular flexibility index (Phi) is 5.63. The second kappa shape index (κ2) is 7.69. The highest BCUT2D eigenvalue weighted by atomic mass is 16.5. The molecule has 0 aliphatic rings. The maximum atomic E-state index is 5.87. The number of nitrogens with zero attached hydrogens (tertiary/aromatic N) is 2. The molecule has 0 spiro atoms. The molecule has 0 aliphatic heterocycles. The summed E-state index contributed by atoms with van der Waals surface area (Å²) in [7, 11) is 3.55. The van der Waals surface area contributed by atoms with E-state index in [2.05, 4.69) is 23.4 Å². The summed E-state index contributed by atoms with van der Waals surface area (Å²) in [4.78, 5) is 0. The zero-order valence-electron chi connectivity index (χ0n) is 12.9. The maximum absolute atomic E-state index is 5.87. The van der Waals surface area contributed by atoms with Crippen molar-refractivity contribution in [2.75, 3.05) is 13.7 Å². The molecule has 1 aromatic heterocycles. The van der Waals surface area contributed by atoms with Crippen molar-refractivity contribution >= 4 is 0 Å². The Balaban J connectivity index is 2.02. The molecule has 0 saturated carbocycles. The lowest BCUT2D eigenvalue weighted by Gasteiger charge is -2.12. The quantitative estimate of drug-likeness (QED) is 0.759. The predicted molar refractivity (Wildman–Crippen MR) is 82.5 cm³/mol. The van der Waals surface area contributed by atoms with Gasteiger partial charge < -0.3 is 14.8 Å². The number of ether oxygens (including phenoxy) is 2. The van der Waals surface area contributed by atoms with Gasteiger partial charge in [0.25, 0.3) is 0 Å². The van der Waals surface area contributed by atoms with Gasteiger partial charge in [-0.3, -0.25) is 4.68 Å². The number of hydrogen-bond donors (Lipinski definition) is 1. The second-order valence-electron chi connectivity index (χ2n) is 4.97. The lowest BCUT2D eigenvalue weighted by Crippen LogP contribution is -2.13. The van der Waals surface area contributed by atoms with Gasteiger partial charge >= 0.3 is 0 Å². The Morgan fingerprint density at radius 3 is 2.76 bits per heavy atom. The largest absolute Gasteiger partial charge is 0.493 e. The van der Waals surface area contributed by atoms with Gasteiger partial charge in [-0.05, 0) is 30.7 Å². The molecule has 114 valence electrons. The van der Waals surface area contributed by atoms with E-state index in [9.17, 15) is 0 Å². The first-order chi connectivity index (χ1) is 10.2. The van der Waals surface area contributed by atoms with E-state index in [4.69, 9.17) is 9.47 Å². The van der Waals surface area contributed by atoms with Crippen LogP contribution in [0.3, 0.4) is 0 Å². The molecule has 1 aromatic carbocycles. The summed E-state index contributed by atoms with van der Waals surface area (Å²) in [6.07, 6.45) is 4.87. The minimum Gasteiger partial charge on any atom is -0.493 e. The molecule has 0 unspecified atom stereocenters. The normalized spacial score (nSPS) is 10.6. The molecule has 1 heterocycles. The summed E-state index contributed by atoms with van der Waals surface area (Å²) in [6, 6.07) is 6.03. The topological polar surface area (TPSA) is 48.3 Å². The molecular formula is C16H23N3O2. The van der Waals surface area contributed by atoms with Crippen molar-refractivity contribution in [3.63, 3.8) is 0 Å². The van der Waals surface area contributed by atoms with Gasteiger partial charge in [0.2, 0.25) is 0 Å². The summed E-state index contributed by atoms with van der Waals surface area (Å²) < 4.78 is 13.0. The van der Waals surface area contributed by atoms with Crippen molar-refractivity contribution < 1.29 is 9.47 Å². The zero-order chi connectivity index (χ0) is 15.1. The van der Waals surface area contributed by atoms with E-state index >= 15 is 0 Å². The van der Waals surface area contributed by atoms with E-state index in [1.165, 1.54) is 5.56 Å². The van der Waals surface area contributed by atoms with E-state index < -0.39 is 0 Å². The fourth-order valence-electron chi connectivity index (χ4n) is 2.06. The fraction of sp³-hybridized carbons (Fsp3) is 0.438. The number of hydrogen-bond acceptors (Lipinski definition) is 4. The fourth-order valence-corrected chi connectivity index (χ4v) is 2.06. The van der Waals surface area contributed by atoms with Crippen LogP contribution in [-0.2, 0) is 20.2 Å². The SMILES string of the molecule is CCCNCc1ccc(OC)c(OCc2cnn(C)c2)c1. The molecule has 1 N–H and O–H groups in total. The number of aryl methyl sites for hydroxylation is 1. The third-order valence-electron chi connectivity index (χ3n) is 3.14. The smallest absolute Gasteiger partial charge is 0.161 e. The van der Waals surface area contributed by atoms with Gasteiger partial charge in [-0.25, -0.2) is 0 Å². The third kappa shape index (κ3) is 4.49. The van der Waals surface area contributed by atoms with E-state index in [0.29, 0.717) is 6.61 Å². The molecule has 0 aliphatic carbocycles. The second-order valence-corrected chi connectivity index (χ2v) is 4.97.